The fraction of sp³-hybridized carbons (Fsp3) is 0.529. The summed E-state index contributed by atoms with van der Waals surface area (Å²) in [6.07, 6.45) is 6.72. The molecule has 47 heavy (non-hydrogen) atoms. The number of ether oxygens (including phenoxy) is 3. The molecule has 5 fully saturated rings. The number of pyridine rings is 1. The third-order valence-corrected chi connectivity index (χ3v) is 9.88. The van der Waals surface area contributed by atoms with Crippen molar-refractivity contribution < 1.29 is 24.1 Å². The van der Waals surface area contributed by atoms with Crippen molar-refractivity contribution in [3.05, 3.63) is 58.3 Å². The van der Waals surface area contributed by atoms with Crippen molar-refractivity contribution in [3.8, 4) is 22.9 Å². The largest absolute Gasteiger partial charge is 0.481 e. The molecular weight excluding hydrogens is 643 g/mol. The SMILES string of the molecule is C1OCC1NC1COC1.O=C(O)CC1CCN(Cc2cc(Oc3cnc(N4CC5CC5C4)nc3)nc(-c3cc(Cl)cc(Cl)c3)c2)CC1. The van der Waals surface area contributed by atoms with Gasteiger partial charge in [-0.3, -0.25) is 9.69 Å². The summed E-state index contributed by atoms with van der Waals surface area (Å²) in [5.41, 5.74) is 2.54. The monoisotopic (exact) mass is 682 g/mol. The molecule has 0 amide bonds. The van der Waals surface area contributed by atoms with Gasteiger partial charge in [-0.15, -0.1) is 0 Å². The molecule has 4 aliphatic heterocycles. The first-order valence-electron chi connectivity index (χ1n) is 16.4. The van der Waals surface area contributed by atoms with E-state index >= 15 is 0 Å². The number of carbonyl (C=O) groups is 1. The van der Waals surface area contributed by atoms with Crippen molar-refractivity contribution >= 4 is 35.1 Å². The third kappa shape index (κ3) is 8.70. The first-order valence-corrected chi connectivity index (χ1v) is 17.2. The van der Waals surface area contributed by atoms with E-state index in [0.717, 1.165) is 94.4 Å². The van der Waals surface area contributed by atoms with Gasteiger partial charge in [0.25, 0.3) is 0 Å². The Kier molecular flexibility index (Phi) is 10.1. The number of piperidine rings is 2. The van der Waals surface area contributed by atoms with Crippen molar-refractivity contribution in [2.75, 3.05) is 57.5 Å². The van der Waals surface area contributed by atoms with Crippen LogP contribution in [-0.4, -0.2) is 95.6 Å². The third-order valence-electron chi connectivity index (χ3n) is 9.44. The lowest BCUT2D eigenvalue weighted by Crippen LogP contribution is -2.56. The highest BCUT2D eigenvalue weighted by Gasteiger charge is 2.45. The van der Waals surface area contributed by atoms with Crippen LogP contribution in [0.1, 0.15) is 31.2 Å². The number of anilines is 1. The number of rotatable bonds is 10. The molecule has 2 unspecified atom stereocenters. The quantitative estimate of drug-likeness (QED) is 0.295. The molecule has 2 aromatic heterocycles. The Morgan fingerprint density at radius 1 is 0.936 bits per heavy atom. The number of hydrogen-bond acceptors (Lipinski definition) is 10. The van der Waals surface area contributed by atoms with Crippen molar-refractivity contribution in [2.45, 2.75) is 44.3 Å². The number of nitrogens with zero attached hydrogens (tertiary/aromatic N) is 5. The first-order chi connectivity index (χ1) is 22.8. The summed E-state index contributed by atoms with van der Waals surface area (Å²) < 4.78 is 16.1. The minimum Gasteiger partial charge on any atom is -0.481 e. The molecule has 0 spiro atoms. The summed E-state index contributed by atoms with van der Waals surface area (Å²) in [7, 11) is 0. The van der Waals surface area contributed by atoms with Crippen molar-refractivity contribution in [2.24, 2.45) is 17.8 Å². The molecule has 3 aromatic rings. The highest BCUT2D eigenvalue weighted by Crippen LogP contribution is 2.45. The maximum atomic E-state index is 11.1. The number of hydrogen-bond donors (Lipinski definition) is 2. The average Bonchev–Trinajstić information content (AvgIpc) is 3.60. The Bertz CT molecular complexity index is 1510. The molecule has 0 radical (unpaired) electrons. The predicted octanol–water partition coefficient (Wildman–Crippen LogP) is 5.15. The molecule has 4 saturated heterocycles. The zero-order chi connectivity index (χ0) is 32.3. The average molecular weight is 684 g/mol. The van der Waals surface area contributed by atoms with Gasteiger partial charge in [0.05, 0.1) is 56.6 Å². The van der Waals surface area contributed by atoms with Gasteiger partial charge in [-0.1, -0.05) is 23.2 Å². The second kappa shape index (κ2) is 14.6. The summed E-state index contributed by atoms with van der Waals surface area (Å²) in [4.78, 5) is 29.5. The molecule has 250 valence electrons. The van der Waals surface area contributed by atoms with Crippen LogP contribution in [0.4, 0.5) is 5.95 Å². The highest BCUT2D eigenvalue weighted by atomic mass is 35.5. The van der Waals surface area contributed by atoms with E-state index in [1.165, 1.54) is 6.42 Å². The predicted molar refractivity (Wildman–Crippen MR) is 178 cm³/mol. The number of halogens is 2. The van der Waals surface area contributed by atoms with Crippen LogP contribution in [0.2, 0.25) is 10.0 Å². The minimum atomic E-state index is -0.724. The molecular formula is C34H40Cl2N6O5. The van der Waals surface area contributed by atoms with E-state index in [0.29, 0.717) is 46.0 Å². The second-order valence-corrected chi connectivity index (χ2v) is 14.2. The maximum Gasteiger partial charge on any atom is 0.303 e. The van der Waals surface area contributed by atoms with Gasteiger partial charge in [0.1, 0.15) is 0 Å². The van der Waals surface area contributed by atoms with Crippen LogP contribution < -0.4 is 15.0 Å². The standard InChI is InChI=1S/C28H29Cl2N5O3.C6H11NO2/c29-22-9-19(10-23(30)11-22)25-5-18(14-34-3-1-17(2-4-34)7-27(36)37)6-26(33-25)38-24-12-31-28(32-13-24)35-15-20-8-21(20)16-35;1-5(2-8-1)7-6-3-9-4-6/h5-6,9-13,17,20-21H,1-4,7-8,14-16H2,(H,36,37);5-7H,1-4H2. The lowest BCUT2D eigenvalue weighted by Gasteiger charge is -2.35. The molecule has 8 rings (SSSR count). The van der Waals surface area contributed by atoms with E-state index in [1.54, 1.807) is 18.5 Å². The van der Waals surface area contributed by atoms with Gasteiger partial charge in [-0.2, -0.15) is 0 Å². The Labute approximate surface area is 284 Å². The van der Waals surface area contributed by atoms with Gasteiger partial charge in [0, 0.05) is 47.7 Å². The molecule has 1 aromatic carbocycles. The van der Waals surface area contributed by atoms with E-state index in [1.807, 2.05) is 24.3 Å². The maximum absolute atomic E-state index is 11.1. The molecule has 13 heteroatoms. The zero-order valence-electron chi connectivity index (χ0n) is 26.2. The van der Waals surface area contributed by atoms with Crippen LogP contribution in [0.25, 0.3) is 11.3 Å². The van der Waals surface area contributed by atoms with E-state index < -0.39 is 5.97 Å². The Morgan fingerprint density at radius 2 is 1.57 bits per heavy atom. The van der Waals surface area contributed by atoms with Crippen LogP contribution in [0.5, 0.6) is 11.6 Å². The van der Waals surface area contributed by atoms with Crippen molar-refractivity contribution in [1.29, 1.82) is 0 Å². The van der Waals surface area contributed by atoms with E-state index in [4.69, 9.17) is 47.5 Å². The van der Waals surface area contributed by atoms with Gasteiger partial charge in [0.15, 0.2) is 5.75 Å². The Balaban J connectivity index is 0.000000334. The molecule has 6 heterocycles. The molecule has 0 bridgehead atoms. The molecule has 2 N–H and O–H groups in total. The number of carboxylic acid groups (broad SMARTS) is 1. The summed E-state index contributed by atoms with van der Waals surface area (Å²) in [5, 5.41) is 13.6. The van der Waals surface area contributed by atoms with Gasteiger partial charge >= 0.3 is 5.97 Å². The number of carboxylic acids is 1. The van der Waals surface area contributed by atoms with Gasteiger partial charge < -0.3 is 29.5 Å². The highest BCUT2D eigenvalue weighted by molar-refractivity contribution is 6.35. The number of aliphatic carboxylic acids is 1. The minimum absolute atomic E-state index is 0.235. The first kappa shape index (κ1) is 32.5. The van der Waals surface area contributed by atoms with Crippen molar-refractivity contribution in [1.82, 2.24) is 25.2 Å². The smallest absolute Gasteiger partial charge is 0.303 e. The van der Waals surface area contributed by atoms with Crippen molar-refractivity contribution in [3.63, 3.8) is 0 Å². The number of aromatic nitrogens is 3. The molecule has 1 saturated carbocycles. The van der Waals surface area contributed by atoms with Gasteiger partial charge in [-0.25, -0.2) is 15.0 Å². The Morgan fingerprint density at radius 3 is 2.15 bits per heavy atom. The van der Waals surface area contributed by atoms with Crippen LogP contribution in [0.15, 0.2) is 42.7 Å². The van der Waals surface area contributed by atoms with E-state index in [-0.39, 0.29) is 12.3 Å². The fourth-order valence-corrected chi connectivity index (χ4v) is 7.14. The topological polar surface area (TPSA) is 122 Å². The molecule has 1 aliphatic carbocycles. The normalized spacial score (nSPS) is 22.9. The summed E-state index contributed by atoms with van der Waals surface area (Å²) in [6.45, 7) is 8.01. The van der Waals surface area contributed by atoms with E-state index in [9.17, 15) is 4.79 Å². The lowest BCUT2D eigenvalue weighted by molar-refractivity contribution is -0.138. The summed E-state index contributed by atoms with van der Waals surface area (Å²) in [5.74, 6) is 2.83. The molecule has 5 aliphatic rings. The number of fused-ring (bicyclic) bond motifs is 1. The number of likely N-dealkylation sites (tertiary alicyclic amines) is 1. The van der Waals surface area contributed by atoms with Crippen LogP contribution in [0.3, 0.4) is 0 Å². The summed E-state index contributed by atoms with van der Waals surface area (Å²) in [6, 6.07) is 10.5. The molecule has 2 atom stereocenters. The number of nitrogens with one attached hydrogen (secondary N) is 1. The fourth-order valence-electron chi connectivity index (χ4n) is 6.61. The molecule has 11 nitrogen and oxygen atoms in total. The second-order valence-electron chi connectivity index (χ2n) is 13.3. The van der Waals surface area contributed by atoms with Gasteiger partial charge in [-0.05, 0) is 79.9 Å². The zero-order valence-corrected chi connectivity index (χ0v) is 27.7. The summed E-state index contributed by atoms with van der Waals surface area (Å²) >= 11 is 12.6. The van der Waals surface area contributed by atoms with Crippen LogP contribution in [-0.2, 0) is 20.8 Å². The lowest BCUT2D eigenvalue weighted by atomic mass is 9.93. The van der Waals surface area contributed by atoms with E-state index in [2.05, 4.69) is 25.1 Å². The van der Waals surface area contributed by atoms with Crippen LogP contribution >= 0.6 is 23.2 Å². The number of benzene rings is 1. The van der Waals surface area contributed by atoms with Gasteiger partial charge in [0.2, 0.25) is 11.8 Å². The Hall–Kier alpha value is -3.06. The van der Waals surface area contributed by atoms with Crippen LogP contribution in [0, 0.1) is 17.8 Å².